The summed E-state index contributed by atoms with van der Waals surface area (Å²) in [6.07, 6.45) is -4.47. The number of hydrogen-bond acceptors (Lipinski definition) is 10. The molecule has 10 heteroatoms. The minimum atomic E-state index is -1.31. The summed E-state index contributed by atoms with van der Waals surface area (Å²) < 4.78 is 17.0. The predicted molar refractivity (Wildman–Crippen MR) is 125 cm³/mol. The van der Waals surface area contributed by atoms with E-state index in [1.54, 1.807) is 19.9 Å². The number of β-amino-alcohol motifs (C(OH)–C–C–N with tert-alkyl or cyclic N) is 1. The number of fused-ring (bicyclic) bond motifs is 1. The predicted octanol–water partition coefficient (Wildman–Crippen LogP) is -0.225. The molecule has 2 aliphatic heterocycles. The summed E-state index contributed by atoms with van der Waals surface area (Å²) >= 11 is 0. The number of aliphatic hydroxyl groups excluding tert-OH is 4. The molecule has 0 bridgehead atoms. The van der Waals surface area contributed by atoms with Gasteiger partial charge in [-0.1, -0.05) is 6.07 Å². The Morgan fingerprint density at radius 3 is 2.47 bits per heavy atom. The average molecular weight is 479 g/mol. The topological polar surface area (TPSA) is 136 Å². The molecule has 0 amide bonds. The summed E-state index contributed by atoms with van der Waals surface area (Å²) in [6.45, 7) is 6.70. The molecule has 5 atom stereocenters. The standard InChI is InChI=1S/C24H34N2O8/c1-14-15(22-19(30)20(31)23(32-3)24(2,13-28)34-22)4-5-16-17(12-18(29)33-21(14)16)26-8-6-25(7-9-26)10-11-27/h4-5,12,19-20,22-23,27-28,30-31H,6-11,13H2,1-3H3/t19-,20-,22+,23-,24-/m1/s1. The van der Waals surface area contributed by atoms with Gasteiger partial charge >= 0.3 is 5.63 Å². The highest BCUT2D eigenvalue weighted by atomic mass is 16.6. The Morgan fingerprint density at radius 1 is 1.15 bits per heavy atom. The molecular formula is C24H34N2O8. The summed E-state index contributed by atoms with van der Waals surface area (Å²) in [7, 11) is 1.39. The molecule has 0 aliphatic carbocycles. The largest absolute Gasteiger partial charge is 0.422 e. The third-order valence-electron chi connectivity index (χ3n) is 7.15. The Bertz CT molecular complexity index is 1070. The normalized spacial score (nSPS) is 30.7. The number of nitrogens with zero attached hydrogens (tertiary/aromatic N) is 2. The fourth-order valence-electron chi connectivity index (χ4n) is 5.19. The van der Waals surface area contributed by atoms with Crippen molar-refractivity contribution in [2.24, 2.45) is 0 Å². The van der Waals surface area contributed by atoms with Crippen molar-refractivity contribution in [1.29, 1.82) is 0 Å². The highest BCUT2D eigenvalue weighted by molar-refractivity contribution is 5.92. The lowest BCUT2D eigenvalue weighted by Crippen LogP contribution is -2.62. The van der Waals surface area contributed by atoms with Crippen LogP contribution in [-0.2, 0) is 9.47 Å². The highest BCUT2D eigenvalue weighted by Gasteiger charge is 2.52. The van der Waals surface area contributed by atoms with Crippen LogP contribution >= 0.6 is 0 Å². The molecule has 2 saturated heterocycles. The van der Waals surface area contributed by atoms with E-state index in [-0.39, 0.29) is 6.61 Å². The number of benzene rings is 1. The van der Waals surface area contributed by atoms with E-state index in [4.69, 9.17) is 13.9 Å². The van der Waals surface area contributed by atoms with Crippen molar-refractivity contribution in [2.75, 3.05) is 57.9 Å². The summed E-state index contributed by atoms with van der Waals surface area (Å²) in [6, 6.07) is 5.12. The number of hydrogen-bond donors (Lipinski definition) is 4. The van der Waals surface area contributed by atoms with Crippen LogP contribution in [0.15, 0.2) is 27.4 Å². The van der Waals surface area contributed by atoms with Crippen LogP contribution in [0.4, 0.5) is 5.69 Å². The van der Waals surface area contributed by atoms with Gasteiger partial charge in [0.2, 0.25) is 0 Å². The van der Waals surface area contributed by atoms with Crippen LogP contribution in [0.5, 0.6) is 0 Å². The van der Waals surface area contributed by atoms with E-state index in [1.807, 2.05) is 6.07 Å². The molecule has 2 fully saturated rings. The molecule has 0 radical (unpaired) electrons. The minimum absolute atomic E-state index is 0.115. The monoisotopic (exact) mass is 478 g/mol. The third-order valence-corrected chi connectivity index (χ3v) is 7.15. The molecule has 1 aromatic carbocycles. The first-order valence-electron chi connectivity index (χ1n) is 11.6. The van der Waals surface area contributed by atoms with Crippen LogP contribution in [0, 0.1) is 6.92 Å². The molecule has 2 aliphatic rings. The highest BCUT2D eigenvalue weighted by Crippen LogP contribution is 2.41. The lowest BCUT2D eigenvalue weighted by atomic mass is 9.83. The van der Waals surface area contributed by atoms with Gasteiger partial charge in [0, 0.05) is 51.3 Å². The van der Waals surface area contributed by atoms with Crippen molar-refractivity contribution in [3.05, 3.63) is 39.7 Å². The maximum absolute atomic E-state index is 12.5. The second-order valence-electron chi connectivity index (χ2n) is 9.31. The molecule has 0 unspecified atom stereocenters. The number of rotatable bonds is 6. The molecular weight excluding hydrogens is 444 g/mol. The molecule has 3 heterocycles. The second kappa shape index (κ2) is 9.90. The van der Waals surface area contributed by atoms with Crippen LogP contribution in [-0.4, -0.2) is 102 Å². The first-order valence-corrected chi connectivity index (χ1v) is 11.6. The molecule has 34 heavy (non-hydrogen) atoms. The van der Waals surface area contributed by atoms with Gasteiger partial charge in [-0.05, 0) is 31.0 Å². The Labute approximate surface area is 197 Å². The van der Waals surface area contributed by atoms with E-state index in [9.17, 15) is 25.2 Å². The molecule has 4 rings (SSSR count). The number of methoxy groups -OCH3 is 1. The lowest BCUT2D eigenvalue weighted by molar-refractivity contribution is -0.279. The number of aryl methyl sites for hydroxylation is 1. The number of piperazine rings is 1. The summed E-state index contributed by atoms with van der Waals surface area (Å²) in [5, 5.41) is 41.4. The first-order chi connectivity index (χ1) is 16.2. The van der Waals surface area contributed by atoms with Crippen molar-refractivity contribution in [1.82, 2.24) is 4.90 Å². The van der Waals surface area contributed by atoms with Crippen molar-refractivity contribution in [2.45, 2.75) is 43.9 Å². The SMILES string of the molecule is CO[C@@H]1[C@H](O)[C@@H](O)[C@H](c2ccc3c(N4CCN(CCO)CC4)cc(=O)oc3c2C)O[C@]1(C)CO. The van der Waals surface area contributed by atoms with Crippen molar-refractivity contribution >= 4 is 16.7 Å². The van der Waals surface area contributed by atoms with E-state index in [0.717, 1.165) is 24.2 Å². The van der Waals surface area contributed by atoms with Crippen molar-refractivity contribution in [3.63, 3.8) is 0 Å². The minimum Gasteiger partial charge on any atom is -0.422 e. The Kier molecular flexibility index (Phi) is 7.30. The summed E-state index contributed by atoms with van der Waals surface area (Å²) in [5.41, 5.74) is 0.613. The quantitative estimate of drug-likeness (QED) is 0.412. The average Bonchev–Trinajstić information content (AvgIpc) is 2.83. The van der Waals surface area contributed by atoms with Gasteiger partial charge in [-0.3, -0.25) is 4.90 Å². The Morgan fingerprint density at radius 2 is 1.85 bits per heavy atom. The Balaban J connectivity index is 1.72. The molecule has 4 N–H and O–H groups in total. The summed E-state index contributed by atoms with van der Waals surface area (Å²) in [4.78, 5) is 16.8. The van der Waals surface area contributed by atoms with E-state index < -0.39 is 42.2 Å². The zero-order valence-corrected chi connectivity index (χ0v) is 19.8. The number of anilines is 1. The van der Waals surface area contributed by atoms with E-state index in [1.165, 1.54) is 13.2 Å². The van der Waals surface area contributed by atoms with Gasteiger partial charge in [0.15, 0.2) is 0 Å². The maximum atomic E-state index is 12.5. The fourth-order valence-corrected chi connectivity index (χ4v) is 5.19. The van der Waals surface area contributed by atoms with Crippen LogP contribution in [0.3, 0.4) is 0 Å². The van der Waals surface area contributed by atoms with E-state index in [0.29, 0.717) is 36.3 Å². The van der Waals surface area contributed by atoms with Gasteiger partial charge in [-0.15, -0.1) is 0 Å². The lowest BCUT2D eigenvalue weighted by Gasteiger charge is -2.48. The fraction of sp³-hybridized carbons (Fsp3) is 0.625. The van der Waals surface area contributed by atoms with Gasteiger partial charge < -0.3 is 39.2 Å². The molecule has 10 nitrogen and oxygen atoms in total. The first kappa shape index (κ1) is 25.1. The van der Waals surface area contributed by atoms with Crippen LogP contribution in [0.1, 0.15) is 24.2 Å². The van der Waals surface area contributed by atoms with Crippen LogP contribution < -0.4 is 10.5 Å². The summed E-state index contributed by atoms with van der Waals surface area (Å²) in [5.74, 6) is 0. The van der Waals surface area contributed by atoms with Gasteiger partial charge in [-0.2, -0.15) is 0 Å². The van der Waals surface area contributed by atoms with Crippen LogP contribution in [0.25, 0.3) is 11.0 Å². The van der Waals surface area contributed by atoms with Gasteiger partial charge in [0.05, 0.1) is 18.9 Å². The zero-order chi connectivity index (χ0) is 24.6. The van der Waals surface area contributed by atoms with Gasteiger partial charge in [-0.25, -0.2) is 4.79 Å². The third kappa shape index (κ3) is 4.35. The molecule has 188 valence electrons. The van der Waals surface area contributed by atoms with E-state index in [2.05, 4.69) is 9.80 Å². The molecule has 1 aromatic heterocycles. The smallest absolute Gasteiger partial charge is 0.338 e. The van der Waals surface area contributed by atoms with E-state index >= 15 is 0 Å². The van der Waals surface area contributed by atoms with Gasteiger partial charge in [0.25, 0.3) is 0 Å². The molecule has 0 saturated carbocycles. The second-order valence-corrected chi connectivity index (χ2v) is 9.31. The number of ether oxygens (including phenoxy) is 2. The Hall–Kier alpha value is -2.05. The molecule has 0 spiro atoms. The zero-order valence-electron chi connectivity index (χ0n) is 19.8. The number of aliphatic hydroxyl groups is 4. The van der Waals surface area contributed by atoms with Crippen LogP contribution in [0.2, 0.25) is 0 Å². The molecule has 2 aromatic rings. The van der Waals surface area contributed by atoms with Gasteiger partial charge in [0.1, 0.15) is 35.6 Å². The van der Waals surface area contributed by atoms with Crippen molar-refractivity contribution in [3.8, 4) is 0 Å². The van der Waals surface area contributed by atoms with Crippen molar-refractivity contribution < 1.29 is 34.3 Å². The maximum Gasteiger partial charge on any atom is 0.338 e.